The van der Waals surface area contributed by atoms with Crippen LogP contribution in [-0.4, -0.2) is 80.8 Å². The number of fused-ring (bicyclic) bond motifs is 4. The highest BCUT2D eigenvalue weighted by molar-refractivity contribution is 6.53. The van der Waals surface area contributed by atoms with Gasteiger partial charge in [-0.2, -0.15) is 0 Å². The number of carboxylic acid groups (broad SMARTS) is 1. The van der Waals surface area contributed by atoms with E-state index < -0.39 is 74.3 Å². The molecule has 1 saturated carbocycles. The maximum Gasteiger partial charge on any atom is 0.339 e. The zero-order valence-electron chi connectivity index (χ0n) is 24.7. The van der Waals surface area contributed by atoms with Crippen molar-refractivity contribution in [2.75, 3.05) is 26.2 Å². The van der Waals surface area contributed by atoms with Gasteiger partial charge in [-0.05, 0) is 48.6 Å². The first kappa shape index (κ1) is 31.4. The Balaban J connectivity index is 1.45. The van der Waals surface area contributed by atoms with Crippen LogP contribution in [0.1, 0.15) is 28.8 Å². The van der Waals surface area contributed by atoms with Gasteiger partial charge in [-0.25, -0.2) is 9.69 Å². The molecule has 14 heteroatoms. The second-order valence-corrected chi connectivity index (χ2v) is 12.9. The lowest BCUT2D eigenvalue weighted by atomic mass is 9.57. The van der Waals surface area contributed by atoms with E-state index in [0.29, 0.717) is 11.1 Å². The summed E-state index contributed by atoms with van der Waals surface area (Å²) in [7, 11) is 4.03. The van der Waals surface area contributed by atoms with Gasteiger partial charge >= 0.3 is 5.97 Å². The third-order valence-electron chi connectivity index (χ3n) is 9.52. The molecule has 2 aromatic rings. The molecule has 3 N–H and O–H groups in total. The van der Waals surface area contributed by atoms with E-state index in [1.807, 2.05) is 0 Å². The maximum absolute atomic E-state index is 14.1. The molecule has 0 radical (unpaired) electrons. The third kappa shape index (κ3) is 4.16. The van der Waals surface area contributed by atoms with E-state index in [2.05, 4.69) is 0 Å². The van der Waals surface area contributed by atoms with E-state index in [1.54, 1.807) is 18.2 Å². The molecule has 2 saturated heterocycles. The van der Waals surface area contributed by atoms with E-state index in [-0.39, 0.29) is 35.8 Å². The number of anilines is 1. The van der Waals surface area contributed by atoms with Crippen LogP contribution in [-0.2, 0) is 19.2 Å². The highest BCUT2D eigenvalue weighted by atomic mass is 35.5. The molecule has 2 aliphatic heterocycles. The van der Waals surface area contributed by atoms with Crippen LogP contribution >= 0.6 is 23.2 Å². The summed E-state index contributed by atoms with van der Waals surface area (Å²) in [5.74, 6) is -8.19. The molecule has 12 nitrogen and oxygen atoms in total. The van der Waals surface area contributed by atoms with Crippen molar-refractivity contribution in [3.63, 3.8) is 0 Å². The maximum atomic E-state index is 14.1. The smallest absolute Gasteiger partial charge is 0.339 e. The molecule has 6 rings (SSSR count). The number of hydrogen-bond acceptors (Lipinski definition) is 9. The number of phenolic OH excluding ortho intramolecular Hbond substituents is 1. The SMILES string of the molecule is COc1cc(C=C[C@H]2C3=CC[C@@H]4C(=O)N(c5ccc(C(=O)O)c(O)c5)C(=O)[C@@H]4[C@@H]3C[C@@]3(Cl)C(=O)N(C)C(=O)[C@@]23Cl)cc(OC)c1O. The Morgan fingerprint density at radius 1 is 0.978 bits per heavy atom. The van der Waals surface area contributed by atoms with Crippen LogP contribution in [0.5, 0.6) is 23.0 Å². The fraction of sp³-hybridized carbons (Fsp3) is 0.344. The minimum absolute atomic E-state index is 0.00457. The van der Waals surface area contributed by atoms with E-state index in [4.69, 9.17) is 32.7 Å². The zero-order chi connectivity index (χ0) is 33.5. The molecule has 0 bridgehead atoms. The number of ether oxygens (including phenoxy) is 2. The molecule has 240 valence electrons. The van der Waals surface area contributed by atoms with Crippen molar-refractivity contribution in [3.8, 4) is 23.0 Å². The van der Waals surface area contributed by atoms with Gasteiger partial charge in [0.05, 0.1) is 31.7 Å². The van der Waals surface area contributed by atoms with E-state index in [0.717, 1.165) is 21.9 Å². The molecule has 6 atom stereocenters. The van der Waals surface area contributed by atoms with E-state index in [9.17, 15) is 39.3 Å². The topological polar surface area (TPSA) is 171 Å². The summed E-state index contributed by atoms with van der Waals surface area (Å²) in [5, 5.41) is 29.9. The number of phenols is 2. The van der Waals surface area contributed by atoms with Crippen molar-refractivity contribution >= 4 is 64.6 Å². The molecule has 0 unspecified atom stereocenters. The first-order valence-electron chi connectivity index (χ1n) is 14.2. The minimum Gasteiger partial charge on any atom is -0.507 e. The highest BCUT2D eigenvalue weighted by Gasteiger charge is 2.75. The fourth-order valence-corrected chi connectivity index (χ4v) is 8.28. The molecular weight excluding hydrogens is 643 g/mol. The molecule has 2 aromatic carbocycles. The van der Waals surface area contributed by atoms with Gasteiger partial charge in [-0.1, -0.05) is 23.8 Å². The molecule has 4 aliphatic rings. The Morgan fingerprint density at radius 3 is 2.22 bits per heavy atom. The van der Waals surface area contributed by atoms with Gasteiger partial charge in [0.15, 0.2) is 21.2 Å². The number of carbonyl (C=O) groups is 5. The van der Waals surface area contributed by atoms with Crippen molar-refractivity contribution in [3.05, 3.63) is 59.2 Å². The number of allylic oxidation sites excluding steroid dienone is 3. The van der Waals surface area contributed by atoms with Gasteiger partial charge in [0.1, 0.15) is 11.3 Å². The predicted octanol–water partition coefficient (Wildman–Crippen LogP) is 3.55. The van der Waals surface area contributed by atoms with Crippen molar-refractivity contribution in [1.29, 1.82) is 0 Å². The van der Waals surface area contributed by atoms with Gasteiger partial charge in [0.2, 0.25) is 17.6 Å². The van der Waals surface area contributed by atoms with Gasteiger partial charge in [0, 0.05) is 19.0 Å². The molecule has 2 aliphatic carbocycles. The van der Waals surface area contributed by atoms with Crippen LogP contribution < -0.4 is 14.4 Å². The second kappa shape index (κ2) is 10.8. The number of alkyl halides is 2. The Hall–Kier alpha value is -4.55. The highest BCUT2D eigenvalue weighted by Crippen LogP contribution is 2.63. The van der Waals surface area contributed by atoms with Crippen LogP contribution in [0.4, 0.5) is 5.69 Å². The molecule has 0 spiro atoms. The summed E-state index contributed by atoms with van der Waals surface area (Å²) < 4.78 is 10.5. The van der Waals surface area contributed by atoms with Gasteiger partial charge < -0.3 is 24.8 Å². The number of hydrogen-bond donors (Lipinski definition) is 3. The fourth-order valence-electron chi connectivity index (χ4n) is 7.30. The first-order valence-corrected chi connectivity index (χ1v) is 14.9. The lowest BCUT2D eigenvalue weighted by Gasteiger charge is -2.49. The summed E-state index contributed by atoms with van der Waals surface area (Å²) >= 11 is 14.3. The lowest BCUT2D eigenvalue weighted by Crippen LogP contribution is -2.60. The number of nitrogens with zero attached hydrogens (tertiary/aromatic N) is 2. The van der Waals surface area contributed by atoms with Crippen LogP contribution in [0.15, 0.2) is 48.1 Å². The number of aromatic hydroxyl groups is 2. The number of amides is 4. The molecule has 2 heterocycles. The average Bonchev–Trinajstić information content (AvgIpc) is 3.35. The normalized spacial score (nSPS) is 30.3. The number of benzene rings is 2. The summed E-state index contributed by atoms with van der Waals surface area (Å²) in [6, 6.07) is 6.47. The number of carboxylic acids is 1. The lowest BCUT2D eigenvalue weighted by molar-refractivity contribution is -0.138. The molecule has 46 heavy (non-hydrogen) atoms. The Labute approximate surface area is 272 Å². The van der Waals surface area contributed by atoms with Crippen molar-refractivity contribution < 1.29 is 48.8 Å². The zero-order valence-corrected chi connectivity index (χ0v) is 26.2. The van der Waals surface area contributed by atoms with Crippen molar-refractivity contribution in [1.82, 2.24) is 4.90 Å². The first-order chi connectivity index (χ1) is 21.7. The molecule has 4 amide bonds. The van der Waals surface area contributed by atoms with Gasteiger partial charge in [0.25, 0.3) is 11.8 Å². The van der Waals surface area contributed by atoms with Crippen molar-refractivity contribution in [2.45, 2.75) is 22.6 Å². The van der Waals surface area contributed by atoms with E-state index >= 15 is 0 Å². The third-order valence-corrected chi connectivity index (χ3v) is 11.0. The number of imide groups is 2. The minimum atomic E-state index is -1.97. The van der Waals surface area contributed by atoms with Crippen molar-refractivity contribution in [2.24, 2.45) is 23.7 Å². The number of aromatic carboxylic acids is 1. The Kier molecular flexibility index (Phi) is 7.36. The van der Waals surface area contributed by atoms with E-state index in [1.165, 1.54) is 39.5 Å². The van der Waals surface area contributed by atoms with Gasteiger partial charge in [-0.15, -0.1) is 23.2 Å². The number of rotatable bonds is 6. The van der Waals surface area contributed by atoms with Crippen LogP contribution in [0.2, 0.25) is 0 Å². The second-order valence-electron chi connectivity index (χ2n) is 11.7. The number of carbonyl (C=O) groups excluding carboxylic acids is 4. The molecule has 0 aromatic heterocycles. The predicted molar refractivity (Wildman–Crippen MR) is 164 cm³/mol. The largest absolute Gasteiger partial charge is 0.507 e. The number of methoxy groups -OCH3 is 2. The Morgan fingerprint density at radius 2 is 1.63 bits per heavy atom. The molecular formula is C32H28Cl2N2O10. The monoisotopic (exact) mass is 670 g/mol. The summed E-state index contributed by atoms with van der Waals surface area (Å²) in [4.78, 5) is 64.2. The summed E-state index contributed by atoms with van der Waals surface area (Å²) in [6.45, 7) is 0. The number of halogens is 2. The number of likely N-dealkylation sites (tertiary alicyclic amines) is 1. The average molecular weight is 671 g/mol. The Bertz CT molecular complexity index is 1780. The molecule has 3 fully saturated rings. The van der Waals surface area contributed by atoms with Crippen LogP contribution in [0.3, 0.4) is 0 Å². The summed E-state index contributed by atoms with van der Waals surface area (Å²) in [5.41, 5.74) is 0.655. The van der Waals surface area contributed by atoms with Crippen LogP contribution in [0, 0.1) is 23.7 Å². The van der Waals surface area contributed by atoms with Crippen LogP contribution in [0.25, 0.3) is 6.08 Å². The standard InChI is InChI=1S/C32H28Cl2N2O10/c1-35-29(43)31(33)13-19-16(20(32(31,34)30(35)44)9-4-14-10-22(45-2)25(38)23(11-14)46-3)7-8-18-24(19)27(40)36(26(18)39)15-5-6-17(28(41)42)21(37)12-15/h4-7,9-12,18-20,24,37-38H,8,13H2,1-3H3,(H,41,42)/t18-,19+,20-,24-,31+,32-/m0/s1. The quantitative estimate of drug-likeness (QED) is 0.234. The summed E-state index contributed by atoms with van der Waals surface area (Å²) in [6.07, 6.45) is 4.89. The van der Waals surface area contributed by atoms with Gasteiger partial charge in [-0.3, -0.25) is 24.1 Å².